The van der Waals surface area contributed by atoms with E-state index < -0.39 is 21.2 Å². The highest BCUT2D eigenvalue weighted by Gasteiger charge is 2.29. The number of phenolic OH excluding ortho intramolecular Hbond substituents is 1. The minimum absolute atomic E-state index is 0.0151. The van der Waals surface area contributed by atoms with Gasteiger partial charge in [0.1, 0.15) is 5.75 Å². The summed E-state index contributed by atoms with van der Waals surface area (Å²) in [4.78, 5) is 21.3. The van der Waals surface area contributed by atoms with Gasteiger partial charge in [-0.15, -0.1) is 5.11 Å². The monoisotopic (exact) mass is 614 g/mol. The van der Waals surface area contributed by atoms with Gasteiger partial charge in [0.2, 0.25) is 0 Å². The van der Waals surface area contributed by atoms with Gasteiger partial charge in [-0.25, -0.2) is 0 Å². The molecule has 4 atom stereocenters. The molecular formula is C30H38N4O10. The van der Waals surface area contributed by atoms with Crippen molar-refractivity contribution in [2.45, 2.75) is 89.0 Å². The second-order valence-corrected chi connectivity index (χ2v) is 11.2. The Morgan fingerprint density at radius 3 is 1.70 bits per heavy atom. The fourth-order valence-corrected chi connectivity index (χ4v) is 5.89. The standard InChI is InChI=1S/C30H38N4O10/c35-30-20-15-22(31-32-24-10-9-23(33(36)37)17-25(24)34(38)39)16-21(30)19-44-29-8-4-2-6-27(29)42-14-12-40-11-13-41-26-5-1-3-7-28(26)43-18-20/h9-10,15-17,26-29,35H,1-8,11-14,18-19H2/t26-,27-,28+,29+/m0/s1. The van der Waals surface area contributed by atoms with Crippen molar-refractivity contribution >= 4 is 22.7 Å². The summed E-state index contributed by atoms with van der Waals surface area (Å²) in [6.45, 7) is 1.97. The molecule has 0 saturated heterocycles. The first kappa shape index (κ1) is 31.9. The van der Waals surface area contributed by atoms with Crippen molar-refractivity contribution in [2.24, 2.45) is 10.2 Å². The smallest absolute Gasteiger partial charge is 0.303 e. The van der Waals surface area contributed by atoms with Crippen LogP contribution in [-0.2, 0) is 36.9 Å². The summed E-state index contributed by atoms with van der Waals surface area (Å²) in [5, 5.41) is 42.2. The number of benzene rings is 2. The molecule has 238 valence electrons. The maximum absolute atomic E-state index is 11.6. The lowest BCUT2D eigenvalue weighted by Crippen LogP contribution is -2.36. The molecule has 0 aromatic heterocycles. The van der Waals surface area contributed by atoms with Crippen molar-refractivity contribution < 1.29 is 38.6 Å². The van der Waals surface area contributed by atoms with Crippen LogP contribution in [0.25, 0.3) is 0 Å². The van der Waals surface area contributed by atoms with Crippen LogP contribution in [0.1, 0.15) is 62.5 Å². The van der Waals surface area contributed by atoms with Crippen molar-refractivity contribution in [2.75, 3.05) is 26.4 Å². The van der Waals surface area contributed by atoms with Crippen LogP contribution in [0.4, 0.5) is 22.7 Å². The Morgan fingerprint density at radius 2 is 1.20 bits per heavy atom. The highest BCUT2D eigenvalue weighted by atomic mass is 16.6. The van der Waals surface area contributed by atoms with Gasteiger partial charge in [0, 0.05) is 17.2 Å². The van der Waals surface area contributed by atoms with E-state index in [1.54, 1.807) is 12.1 Å². The number of nitrogens with zero attached hydrogens (tertiary/aromatic N) is 4. The number of fused-ring (bicyclic) bond motifs is 4. The molecule has 3 aliphatic rings. The van der Waals surface area contributed by atoms with E-state index in [0.717, 1.165) is 63.5 Å². The number of phenols is 1. The Labute approximate surface area is 254 Å². The van der Waals surface area contributed by atoms with Crippen molar-refractivity contribution in [3.8, 4) is 5.75 Å². The van der Waals surface area contributed by atoms with Gasteiger partial charge >= 0.3 is 5.69 Å². The van der Waals surface area contributed by atoms with Crippen LogP contribution < -0.4 is 0 Å². The van der Waals surface area contributed by atoms with Crippen LogP contribution >= 0.6 is 0 Å². The van der Waals surface area contributed by atoms with Crippen molar-refractivity contribution in [1.29, 1.82) is 0 Å². The van der Waals surface area contributed by atoms with E-state index >= 15 is 0 Å². The third kappa shape index (κ3) is 8.33. The Bertz CT molecular complexity index is 1290. The Kier molecular flexibility index (Phi) is 11.2. The number of non-ortho nitro benzene ring substituents is 1. The van der Waals surface area contributed by atoms with E-state index in [1.807, 2.05) is 0 Å². The molecule has 2 aromatic rings. The van der Waals surface area contributed by atoms with E-state index in [4.69, 9.17) is 23.7 Å². The van der Waals surface area contributed by atoms with Crippen LogP contribution in [0, 0.1) is 20.2 Å². The first-order chi connectivity index (χ1) is 21.4. The zero-order chi connectivity index (χ0) is 30.9. The topological polar surface area (TPSA) is 177 Å². The molecule has 2 saturated carbocycles. The predicted octanol–water partition coefficient (Wildman–Crippen LogP) is 6.34. The second-order valence-electron chi connectivity index (χ2n) is 11.2. The van der Waals surface area contributed by atoms with E-state index in [-0.39, 0.29) is 49.1 Å². The molecule has 0 unspecified atom stereocenters. The van der Waals surface area contributed by atoms with Gasteiger partial charge in [-0.2, -0.15) is 5.11 Å². The molecule has 44 heavy (non-hydrogen) atoms. The molecule has 14 nitrogen and oxygen atoms in total. The number of nitro groups is 2. The Hall–Kier alpha value is -3.56. The average Bonchev–Trinajstić information content (AvgIpc) is 3.02. The number of ether oxygens (including phenoxy) is 5. The summed E-state index contributed by atoms with van der Waals surface area (Å²) in [5.74, 6) is 0.0151. The maximum Gasteiger partial charge on any atom is 0.303 e. The van der Waals surface area contributed by atoms with Crippen LogP contribution in [0.5, 0.6) is 5.75 Å². The molecule has 0 amide bonds. The van der Waals surface area contributed by atoms with Gasteiger partial charge in [0.25, 0.3) is 5.69 Å². The normalized spacial score (nSPS) is 25.7. The second kappa shape index (κ2) is 15.4. The molecule has 14 heteroatoms. The van der Waals surface area contributed by atoms with Gasteiger partial charge in [-0.05, 0) is 43.9 Å². The molecule has 1 N–H and O–H groups in total. The quantitative estimate of drug-likeness (QED) is 0.232. The minimum Gasteiger partial charge on any atom is -0.507 e. The molecule has 1 heterocycles. The molecule has 0 radical (unpaired) electrons. The fourth-order valence-electron chi connectivity index (χ4n) is 5.89. The number of nitro benzene ring substituents is 2. The molecule has 0 spiro atoms. The van der Waals surface area contributed by atoms with Gasteiger partial charge in [-0.3, -0.25) is 20.2 Å². The van der Waals surface area contributed by atoms with E-state index in [9.17, 15) is 25.3 Å². The van der Waals surface area contributed by atoms with Crippen molar-refractivity contribution in [3.63, 3.8) is 0 Å². The molecule has 2 fully saturated rings. The van der Waals surface area contributed by atoms with Crippen molar-refractivity contribution in [1.82, 2.24) is 0 Å². The lowest BCUT2D eigenvalue weighted by Gasteiger charge is -2.32. The Morgan fingerprint density at radius 1 is 0.682 bits per heavy atom. The third-order valence-corrected chi connectivity index (χ3v) is 8.20. The maximum atomic E-state index is 11.6. The van der Waals surface area contributed by atoms with Gasteiger partial charge in [0.05, 0.1) is 85.7 Å². The molecular weight excluding hydrogens is 576 g/mol. The SMILES string of the molecule is O=[N+]([O-])c1ccc(N=Nc2cc3c(O)c(c2)CO[C@@H]2CCCC[C@@H]2OCCOCCO[C@H]2CCCC[C@H]2OC3)c([N+](=O)[O-])c1. The zero-order valence-electron chi connectivity index (χ0n) is 24.5. The van der Waals surface area contributed by atoms with Gasteiger partial charge < -0.3 is 28.8 Å². The minimum atomic E-state index is -0.743. The lowest BCUT2D eigenvalue weighted by atomic mass is 9.94. The highest BCUT2D eigenvalue weighted by Crippen LogP contribution is 2.36. The number of azo groups is 1. The van der Waals surface area contributed by atoms with Crippen LogP contribution in [0.2, 0.25) is 0 Å². The highest BCUT2D eigenvalue weighted by molar-refractivity contribution is 5.62. The van der Waals surface area contributed by atoms with E-state index in [0.29, 0.717) is 43.2 Å². The summed E-state index contributed by atoms with van der Waals surface area (Å²) in [7, 11) is 0. The number of aromatic hydroxyl groups is 1. The molecule has 2 aliphatic carbocycles. The average molecular weight is 615 g/mol. The zero-order valence-corrected chi connectivity index (χ0v) is 24.5. The predicted molar refractivity (Wildman–Crippen MR) is 156 cm³/mol. The first-order valence-electron chi connectivity index (χ1n) is 15.1. The van der Waals surface area contributed by atoms with E-state index in [2.05, 4.69) is 10.2 Å². The van der Waals surface area contributed by atoms with Crippen LogP contribution in [0.15, 0.2) is 40.6 Å². The lowest BCUT2D eigenvalue weighted by molar-refractivity contribution is -0.393. The molecule has 1 aliphatic heterocycles. The van der Waals surface area contributed by atoms with Gasteiger partial charge in [-0.1, -0.05) is 25.7 Å². The number of hydrogen-bond donors (Lipinski definition) is 1. The third-order valence-electron chi connectivity index (χ3n) is 8.20. The summed E-state index contributed by atoms with van der Waals surface area (Å²) in [6, 6.07) is 6.38. The molecule has 5 rings (SSSR count). The summed E-state index contributed by atoms with van der Waals surface area (Å²) >= 11 is 0. The summed E-state index contributed by atoms with van der Waals surface area (Å²) < 4.78 is 30.6. The first-order valence-corrected chi connectivity index (χ1v) is 15.1. The summed E-state index contributed by atoms with van der Waals surface area (Å²) in [5.41, 5.74) is 0.129. The molecule has 2 bridgehead atoms. The van der Waals surface area contributed by atoms with Gasteiger partial charge in [0.15, 0.2) is 5.69 Å². The largest absolute Gasteiger partial charge is 0.507 e. The molecule has 2 aromatic carbocycles. The van der Waals surface area contributed by atoms with E-state index in [1.165, 1.54) is 6.07 Å². The number of hydrogen-bond acceptors (Lipinski definition) is 12. The van der Waals surface area contributed by atoms with Crippen LogP contribution in [-0.4, -0.2) is 65.8 Å². The Balaban J connectivity index is 1.44. The van der Waals surface area contributed by atoms with Crippen LogP contribution in [0.3, 0.4) is 0 Å². The number of rotatable bonds is 4. The fraction of sp³-hybridized carbons (Fsp3) is 0.600. The summed E-state index contributed by atoms with van der Waals surface area (Å²) in [6.07, 6.45) is 6.95. The van der Waals surface area contributed by atoms with Crippen molar-refractivity contribution in [3.05, 3.63) is 61.7 Å².